The summed E-state index contributed by atoms with van der Waals surface area (Å²) < 4.78 is 26.4. The molecule has 0 aromatic carbocycles. The standard InChI is InChI=1S/C14H29N3O2S/c1-2-15-8-3-6-12-20(18,19)17-11-7-14(13-17)16-9-4-5-10-16/h14-15H,2-13H2,1H3. The lowest BCUT2D eigenvalue weighted by Crippen LogP contribution is -2.37. The van der Waals surface area contributed by atoms with Crippen LogP contribution in [0.1, 0.15) is 39.0 Å². The number of unbranched alkanes of at least 4 members (excludes halogenated alkanes) is 1. The third-order valence-corrected chi connectivity index (χ3v) is 6.36. The highest BCUT2D eigenvalue weighted by molar-refractivity contribution is 7.89. The highest BCUT2D eigenvalue weighted by Crippen LogP contribution is 2.22. The van der Waals surface area contributed by atoms with Crippen molar-refractivity contribution in [2.24, 2.45) is 0 Å². The van der Waals surface area contributed by atoms with E-state index >= 15 is 0 Å². The maximum absolute atomic E-state index is 12.3. The van der Waals surface area contributed by atoms with Crippen molar-refractivity contribution in [3.05, 3.63) is 0 Å². The fourth-order valence-corrected chi connectivity index (χ4v) is 4.82. The molecular weight excluding hydrogens is 274 g/mol. The zero-order valence-electron chi connectivity index (χ0n) is 12.7. The molecule has 2 saturated heterocycles. The number of sulfonamides is 1. The first-order valence-electron chi connectivity index (χ1n) is 8.06. The van der Waals surface area contributed by atoms with Gasteiger partial charge in [0.1, 0.15) is 0 Å². The highest BCUT2D eigenvalue weighted by Gasteiger charge is 2.34. The molecule has 6 heteroatoms. The van der Waals surface area contributed by atoms with Gasteiger partial charge in [0.25, 0.3) is 0 Å². The number of nitrogens with zero attached hydrogens (tertiary/aromatic N) is 2. The van der Waals surface area contributed by atoms with Gasteiger partial charge in [0, 0.05) is 19.1 Å². The second-order valence-electron chi connectivity index (χ2n) is 5.92. The van der Waals surface area contributed by atoms with Gasteiger partial charge in [0.05, 0.1) is 5.75 Å². The molecule has 2 heterocycles. The van der Waals surface area contributed by atoms with Crippen molar-refractivity contribution in [3.8, 4) is 0 Å². The van der Waals surface area contributed by atoms with E-state index in [1.54, 1.807) is 4.31 Å². The number of hydrogen-bond acceptors (Lipinski definition) is 4. The van der Waals surface area contributed by atoms with Crippen molar-refractivity contribution in [2.75, 3.05) is 45.0 Å². The van der Waals surface area contributed by atoms with Gasteiger partial charge < -0.3 is 5.32 Å². The van der Waals surface area contributed by atoms with Crippen molar-refractivity contribution >= 4 is 10.0 Å². The van der Waals surface area contributed by atoms with Crippen LogP contribution < -0.4 is 5.32 Å². The molecule has 2 aliphatic rings. The summed E-state index contributed by atoms with van der Waals surface area (Å²) in [7, 11) is -3.03. The molecule has 2 fully saturated rings. The summed E-state index contributed by atoms with van der Waals surface area (Å²) in [6.45, 7) is 7.69. The summed E-state index contributed by atoms with van der Waals surface area (Å²) in [6.07, 6.45) is 5.26. The van der Waals surface area contributed by atoms with Gasteiger partial charge in [0.2, 0.25) is 10.0 Å². The average Bonchev–Trinajstić information content (AvgIpc) is 3.09. The molecule has 0 radical (unpaired) electrons. The molecule has 1 unspecified atom stereocenters. The molecule has 0 aromatic rings. The van der Waals surface area contributed by atoms with Crippen molar-refractivity contribution in [1.29, 1.82) is 0 Å². The minimum Gasteiger partial charge on any atom is -0.317 e. The maximum Gasteiger partial charge on any atom is 0.214 e. The smallest absolute Gasteiger partial charge is 0.214 e. The Hall–Kier alpha value is -0.170. The van der Waals surface area contributed by atoms with Crippen LogP contribution in [0.15, 0.2) is 0 Å². The van der Waals surface area contributed by atoms with E-state index in [1.807, 2.05) is 0 Å². The van der Waals surface area contributed by atoms with Gasteiger partial charge >= 0.3 is 0 Å². The summed E-state index contributed by atoms with van der Waals surface area (Å²) in [5.74, 6) is 0.311. The summed E-state index contributed by atoms with van der Waals surface area (Å²) in [6, 6.07) is 0.467. The zero-order chi connectivity index (χ0) is 14.4. The quantitative estimate of drug-likeness (QED) is 0.676. The number of rotatable bonds is 8. The molecule has 2 aliphatic heterocycles. The summed E-state index contributed by atoms with van der Waals surface area (Å²) in [5, 5.41) is 3.23. The molecule has 1 atom stereocenters. The van der Waals surface area contributed by atoms with E-state index in [4.69, 9.17) is 0 Å². The van der Waals surface area contributed by atoms with Crippen molar-refractivity contribution in [3.63, 3.8) is 0 Å². The van der Waals surface area contributed by atoms with Gasteiger partial charge in [-0.2, -0.15) is 0 Å². The third-order valence-electron chi connectivity index (χ3n) is 4.43. The Balaban J connectivity index is 1.73. The van der Waals surface area contributed by atoms with Gasteiger partial charge in [0.15, 0.2) is 0 Å². The first-order chi connectivity index (χ1) is 9.63. The molecule has 1 N–H and O–H groups in total. The largest absolute Gasteiger partial charge is 0.317 e. The van der Waals surface area contributed by atoms with E-state index in [1.165, 1.54) is 12.8 Å². The monoisotopic (exact) mass is 303 g/mol. The van der Waals surface area contributed by atoms with Crippen LogP contribution in [-0.2, 0) is 10.0 Å². The van der Waals surface area contributed by atoms with Gasteiger partial charge in [-0.1, -0.05) is 6.92 Å². The second kappa shape index (κ2) is 7.73. The minimum absolute atomic E-state index is 0.311. The fourth-order valence-electron chi connectivity index (χ4n) is 3.21. The Bertz CT molecular complexity index is 380. The average molecular weight is 303 g/mol. The van der Waals surface area contributed by atoms with Crippen molar-refractivity contribution in [2.45, 2.75) is 45.1 Å². The van der Waals surface area contributed by atoms with Gasteiger partial charge in [-0.25, -0.2) is 12.7 Å². The van der Waals surface area contributed by atoms with Crippen molar-refractivity contribution in [1.82, 2.24) is 14.5 Å². The third kappa shape index (κ3) is 4.41. The molecule has 0 aliphatic carbocycles. The van der Waals surface area contributed by atoms with Crippen LogP contribution in [0, 0.1) is 0 Å². The fraction of sp³-hybridized carbons (Fsp3) is 1.00. The van der Waals surface area contributed by atoms with Gasteiger partial charge in [-0.15, -0.1) is 0 Å². The molecule has 0 amide bonds. The van der Waals surface area contributed by atoms with Crippen LogP contribution in [0.5, 0.6) is 0 Å². The van der Waals surface area contributed by atoms with Crippen LogP contribution >= 0.6 is 0 Å². The molecule has 0 spiro atoms. The van der Waals surface area contributed by atoms with E-state index in [2.05, 4.69) is 17.1 Å². The van der Waals surface area contributed by atoms with Gasteiger partial charge in [-0.3, -0.25) is 4.90 Å². The number of nitrogens with one attached hydrogen (secondary N) is 1. The van der Waals surface area contributed by atoms with Crippen molar-refractivity contribution < 1.29 is 8.42 Å². The molecule has 2 rings (SSSR count). The summed E-state index contributed by atoms with van der Waals surface area (Å²) in [4.78, 5) is 2.47. The Kier molecular flexibility index (Phi) is 6.26. The van der Waals surface area contributed by atoms with Crippen LogP contribution in [-0.4, -0.2) is 68.7 Å². The summed E-state index contributed by atoms with van der Waals surface area (Å²) >= 11 is 0. The lowest BCUT2D eigenvalue weighted by atomic mass is 10.2. The zero-order valence-corrected chi connectivity index (χ0v) is 13.5. The van der Waals surface area contributed by atoms with Crippen LogP contribution in [0.2, 0.25) is 0 Å². The van der Waals surface area contributed by atoms with Crippen LogP contribution in [0.3, 0.4) is 0 Å². The first kappa shape index (κ1) is 16.2. The Labute approximate surface area is 123 Å². The van der Waals surface area contributed by atoms with E-state index in [-0.39, 0.29) is 0 Å². The molecule has 20 heavy (non-hydrogen) atoms. The number of hydrogen-bond donors (Lipinski definition) is 1. The Morgan fingerprint density at radius 2 is 1.90 bits per heavy atom. The van der Waals surface area contributed by atoms with Gasteiger partial charge in [-0.05, 0) is 58.3 Å². The predicted molar refractivity (Wildman–Crippen MR) is 82.3 cm³/mol. The SMILES string of the molecule is CCNCCCCS(=O)(=O)N1CCC(N2CCCC2)C1. The lowest BCUT2D eigenvalue weighted by Gasteiger charge is -2.23. The Morgan fingerprint density at radius 1 is 1.15 bits per heavy atom. The Morgan fingerprint density at radius 3 is 2.60 bits per heavy atom. The topological polar surface area (TPSA) is 52.7 Å². The molecule has 0 saturated carbocycles. The second-order valence-corrected chi connectivity index (χ2v) is 8.01. The number of likely N-dealkylation sites (tertiary alicyclic amines) is 1. The van der Waals surface area contributed by atoms with Crippen LogP contribution in [0.25, 0.3) is 0 Å². The van der Waals surface area contributed by atoms with E-state index < -0.39 is 10.0 Å². The highest BCUT2D eigenvalue weighted by atomic mass is 32.2. The molecular formula is C14H29N3O2S. The lowest BCUT2D eigenvalue weighted by molar-refractivity contribution is 0.251. The molecule has 0 aromatic heterocycles. The first-order valence-corrected chi connectivity index (χ1v) is 9.67. The predicted octanol–water partition coefficient (Wildman–Crippen LogP) is 0.876. The minimum atomic E-state index is -3.03. The molecule has 5 nitrogen and oxygen atoms in total. The molecule has 0 bridgehead atoms. The summed E-state index contributed by atoms with van der Waals surface area (Å²) in [5.41, 5.74) is 0. The van der Waals surface area contributed by atoms with E-state index in [0.717, 1.165) is 58.5 Å². The maximum atomic E-state index is 12.3. The van der Waals surface area contributed by atoms with Crippen LogP contribution in [0.4, 0.5) is 0 Å². The normalized spacial score (nSPS) is 25.6. The van der Waals surface area contributed by atoms with E-state index in [9.17, 15) is 8.42 Å². The molecule has 118 valence electrons. The van der Waals surface area contributed by atoms with E-state index in [0.29, 0.717) is 11.8 Å².